The minimum absolute atomic E-state index is 0.0373. The number of likely N-dealkylation sites (tertiary alicyclic amines) is 1. The average Bonchev–Trinajstić information content (AvgIpc) is 3.78. The largest absolute Gasteiger partial charge is 0.399 e. The third-order valence-corrected chi connectivity index (χ3v) is 14.5. The predicted molar refractivity (Wildman–Crippen MR) is 199 cm³/mol. The maximum atomic E-state index is 14.6. The second-order valence-electron chi connectivity index (χ2n) is 15.7. The van der Waals surface area contributed by atoms with E-state index in [0.717, 1.165) is 67.9 Å². The number of hydrogen-bond acceptors (Lipinski definition) is 8. The van der Waals surface area contributed by atoms with E-state index in [1.54, 1.807) is 27.1 Å². The van der Waals surface area contributed by atoms with Crippen LogP contribution in [0.3, 0.4) is 0 Å². The van der Waals surface area contributed by atoms with Crippen LogP contribution in [0.5, 0.6) is 0 Å². The number of carbonyl (C=O) groups is 4. The molecule has 0 spiro atoms. The fourth-order valence-electron chi connectivity index (χ4n) is 8.88. The zero-order valence-electron chi connectivity index (χ0n) is 30.1. The van der Waals surface area contributed by atoms with Gasteiger partial charge in [0.2, 0.25) is 11.8 Å². The number of rotatable bonds is 8. The summed E-state index contributed by atoms with van der Waals surface area (Å²) in [6, 6.07) is 5.68. The summed E-state index contributed by atoms with van der Waals surface area (Å²) in [7, 11) is -5.81. The molecular weight excluding hydrogens is 755 g/mol. The molecule has 18 heteroatoms. The Morgan fingerprint density at radius 2 is 1.73 bits per heavy atom. The van der Waals surface area contributed by atoms with Gasteiger partial charge in [0.15, 0.2) is 0 Å². The molecule has 8 heterocycles. The van der Waals surface area contributed by atoms with Gasteiger partial charge in [-0.2, -0.15) is 8.78 Å². The van der Waals surface area contributed by atoms with E-state index < -0.39 is 42.7 Å². The number of halogens is 2. The van der Waals surface area contributed by atoms with Crippen molar-refractivity contribution in [2.24, 2.45) is 5.41 Å². The fraction of sp³-hybridized carbons (Fsp3) is 0.541. The topological polar surface area (TPSA) is 176 Å². The smallest absolute Gasteiger partial charge is 0.340 e. The summed E-state index contributed by atoms with van der Waals surface area (Å²) in [5.74, 6) is -1.16. The van der Waals surface area contributed by atoms with E-state index >= 15 is 0 Å². The van der Waals surface area contributed by atoms with Crippen LogP contribution in [0.1, 0.15) is 65.2 Å². The van der Waals surface area contributed by atoms with Gasteiger partial charge in [-0.25, -0.2) is 4.79 Å². The van der Waals surface area contributed by atoms with Gasteiger partial charge in [0, 0.05) is 60.8 Å². The first-order chi connectivity index (χ1) is 26.2. The van der Waals surface area contributed by atoms with Crippen LogP contribution in [0.25, 0.3) is 10.1 Å². The third kappa shape index (κ3) is 7.25. The Balaban J connectivity index is 1.02. The van der Waals surface area contributed by atoms with Gasteiger partial charge >= 0.3 is 19.3 Å². The van der Waals surface area contributed by atoms with Crippen LogP contribution in [-0.4, -0.2) is 129 Å². The Labute approximate surface area is 320 Å². The number of piperidine rings is 3. The van der Waals surface area contributed by atoms with Crippen molar-refractivity contribution in [2.45, 2.75) is 68.2 Å². The van der Waals surface area contributed by atoms with Crippen LogP contribution >= 0.6 is 18.9 Å². The Morgan fingerprint density at radius 1 is 0.982 bits per heavy atom. The molecule has 14 nitrogen and oxygen atoms in total. The SMILES string of the molecule is O=C(N[C@H]1CN(C(=O)NCC23CCN(CC2)CC3)CC[C@H]2CC[C@@H](C(=O)N3CC(c4cccnc4)C3)N2C1=O)c1cc2cc(C(F)(F)P(=O)(O)O)ccc2s1. The molecule has 3 aromatic rings. The lowest BCUT2D eigenvalue weighted by Crippen LogP contribution is -2.63. The average molecular weight is 800 g/mol. The molecular formula is C37H44F2N7O7PS. The number of thiophene rings is 1. The molecule has 55 heavy (non-hydrogen) atoms. The molecule has 9 rings (SSSR count). The molecule has 6 aliphatic rings. The number of urea groups is 1. The van der Waals surface area contributed by atoms with Gasteiger partial charge in [-0.3, -0.25) is 23.9 Å². The van der Waals surface area contributed by atoms with Crippen LogP contribution in [0.2, 0.25) is 0 Å². The number of aromatic nitrogens is 1. The lowest BCUT2D eigenvalue weighted by Gasteiger charge is -2.48. The van der Waals surface area contributed by atoms with Gasteiger partial charge in [0.05, 0.1) is 11.4 Å². The molecule has 0 saturated carbocycles. The summed E-state index contributed by atoms with van der Waals surface area (Å²) in [5.41, 5.74) is -4.24. The first-order valence-corrected chi connectivity index (χ1v) is 21.2. The number of nitrogens with zero attached hydrogens (tertiary/aromatic N) is 5. The van der Waals surface area contributed by atoms with Gasteiger partial charge in [-0.1, -0.05) is 12.1 Å². The molecule has 4 N–H and O–H groups in total. The molecule has 0 radical (unpaired) electrons. The van der Waals surface area contributed by atoms with Crippen molar-refractivity contribution in [1.29, 1.82) is 0 Å². The minimum Gasteiger partial charge on any atom is -0.340 e. The van der Waals surface area contributed by atoms with E-state index in [2.05, 4.69) is 20.5 Å². The minimum atomic E-state index is -5.81. The molecule has 1 aromatic carbocycles. The molecule has 3 atom stereocenters. The van der Waals surface area contributed by atoms with Crippen molar-refractivity contribution in [2.75, 3.05) is 52.4 Å². The van der Waals surface area contributed by atoms with Gasteiger partial charge in [-0.15, -0.1) is 11.3 Å². The quantitative estimate of drug-likeness (QED) is 0.249. The number of amides is 5. The highest BCUT2D eigenvalue weighted by Crippen LogP contribution is 2.59. The van der Waals surface area contributed by atoms with Crippen LogP contribution in [0.15, 0.2) is 48.8 Å². The summed E-state index contributed by atoms with van der Waals surface area (Å²) in [5, 5.41) is 6.11. The zero-order chi connectivity index (χ0) is 38.7. The van der Waals surface area contributed by atoms with Crippen molar-refractivity contribution in [3.8, 4) is 0 Å². The van der Waals surface area contributed by atoms with Gasteiger partial charge in [0.25, 0.3) is 5.91 Å². The third-order valence-electron chi connectivity index (χ3n) is 12.4. The molecule has 2 bridgehead atoms. The second-order valence-corrected chi connectivity index (χ2v) is 18.4. The Bertz CT molecular complexity index is 2020. The summed E-state index contributed by atoms with van der Waals surface area (Å²) < 4.78 is 40.9. The summed E-state index contributed by atoms with van der Waals surface area (Å²) in [6.07, 6.45) is 7.99. The van der Waals surface area contributed by atoms with Crippen LogP contribution < -0.4 is 10.6 Å². The number of alkyl halides is 2. The standard InChI is InChI=1S/C37H44F2N7O7PS/c38-37(39,54(51,52)53)26-3-6-30-24(16-26)17-31(55-30)32(47)42-28-21-44(35(50)41-22-36-8-13-43(14-9-36)15-10-36)12-7-27-4-5-29(46(27)33(28)48)34(49)45-19-25(20-45)23-2-1-11-40-18-23/h1-3,6,11,16-18,25,27-29H,4-5,7-10,12-15,19-22H2,(H,41,50)(H,42,47)(H2,51,52,53)/t27-,28+,29+/m1/s1. The number of nitrogens with one attached hydrogen (secondary N) is 2. The first-order valence-electron chi connectivity index (χ1n) is 18.8. The zero-order valence-corrected chi connectivity index (χ0v) is 31.8. The summed E-state index contributed by atoms with van der Waals surface area (Å²) in [4.78, 5) is 86.3. The lowest BCUT2D eigenvalue weighted by molar-refractivity contribution is -0.150. The fourth-order valence-corrected chi connectivity index (χ4v) is 10.3. The van der Waals surface area contributed by atoms with Gasteiger partial charge < -0.3 is 40.0 Å². The number of carbonyl (C=O) groups excluding carboxylic acids is 4. The maximum Gasteiger partial charge on any atom is 0.399 e. The molecule has 0 aliphatic carbocycles. The highest BCUT2D eigenvalue weighted by Gasteiger charge is 2.51. The highest BCUT2D eigenvalue weighted by atomic mass is 32.1. The van der Waals surface area contributed by atoms with Crippen LogP contribution in [0.4, 0.5) is 13.6 Å². The highest BCUT2D eigenvalue weighted by molar-refractivity contribution is 7.52. The van der Waals surface area contributed by atoms with Gasteiger partial charge in [-0.05, 0) is 98.8 Å². The van der Waals surface area contributed by atoms with Crippen molar-refractivity contribution in [1.82, 2.24) is 35.2 Å². The van der Waals surface area contributed by atoms with E-state index in [4.69, 9.17) is 0 Å². The summed E-state index contributed by atoms with van der Waals surface area (Å²) in [6.45, 7) is 4.72. The number of hydrogen-bond donors (Lipinski definition) is 4. The van der Waals surface area contributed by atoms with Gasteiger partial charge in [0.1, 0.15) is 12.1 Å². The van der Waals surface area contributed by atoms with Crippen molar-refractivity contribution < 1.29 is 42.3 Å². The van der Waals surface area contributed by atoms with Crippen LogP contribution in [-0.2, 0) is 19.8 Å². The van der Waals surface area contributed by atoms with E-state index in [0.29, 0.717) is 50.1 Å². The van der Waals surface area contributed by atoms with Crippen molar-refractivity contribution in [3.05, 3.63) is 64.8 Å². The molecule has 0 unspecified atom stereocenters. The number of pyridine rings is 1. The molecule has 294 valence electrons. The Hall–Kier alpha value is -4.02. The number of benzene rings is 1. The molecule has 6 aliphatic heterocycles. The molecule has 5 amide bonds. The van der Waals surface area contributed by atoms with Crippen LogP contribution in [0, 0.1) is 5.41 Å². The monoisotopic (exact) mass is 799 g/mol. The van der Waals surface area contributed by atoms with E-state index in [-0.39, 0.29) is 46.1 Å². The maximum absolute atomic E-state index is 14.6. The molecule has 2 aromatic heterocycles. The summed E-state index contributed by atoms with van der Waals surface area (Å²) >= 11 is 0.968. The molecule has 6 saturated heterocycles. The predicted octanol–water partition coefficient (Wildman–Crippen LogP) is 3.51. The van der Waals surface area contributed by atoms with E-state index in [9.17, 15) is 42.3 Å². The first kappa shape index (κ1) is 37.9. The second kappa shape index (κ2) is 14.5. The molecule has 6 fully saturated rings. The number of fused-ring (bicyclic) bond motifs is 5. The van der Waals surface area contributed by atoms with E-state index in [1.807, 2.05) is 12.1 Å². The van der Waals surface area contributed by atoms with Crippen molar-refractivity contribution >= 4 is 52.8 Å². The van der Waals surface area contributed by atoms with E-state index in [1.165, 1.54) is 12.1 Å². The normalized spacial score (nSPS) is 27.3. The van der Waals surface area contributed by atoms with Crippen molar-refractivity contribution in [3.63, 3.8) is 0 Å². The lowest BCUT2D eigenvalue weighted by atomic mass is 9.72. The Morgan fingerprint density at radius 3 is 2.42 bits per heavy atom. The Kier molecular flexibility index (Phi) is 9.98.